The normalized spacial score (nSPS) is 13.1. The zero-order valence-electron chi connectivity index (χ0n) is 47.0. The van der Waals surface area contributed by atoms with Crippen LogP contribution in [0.5, 0.6) is 0 Å². The molecule has 71 heavy (non-hydrogen) atoms. The molecule has 0 fully saturated rings. The van der Waals surface area contributed by atoms with Crippen molar-refractivity contribution in [2.75, 3.05) is 26.4 Å². The number of hydrogen-bond acceptors (Lipinski definition) is 8. The van der Waals surface area contributed by atoms with Gasteiger partial charge in [0.2, 0.25) is 0 Å². The molecule has 0 spiro atoms. The Kier molecular flexibility index (Phi) is 56.5. The number of hydrogen-bond donors (Lipinski definition) is 2. The number of rotatable bonds is 59. The molecule has 420 valence electrons. The lowest BCUT2D eigenvalue weighted by atomic mass is 10.0. The third kappa shape index (κ3) is 57.6. The molecule has 0 aliphatic carbocycles. The first kappa shape index (κ1) is 69.5. The monoisotopic (exact) mass is 1020 g/mol. The molecule has 0 amide bonds. The highest BCUT2D eigenvalue weighted by molar-refractivity contribution is 7.47. The standard InChI is InChI=1S/C61H118NO8P/c1-3-5-7-9-11-13-15-17-19-21-23-25-26-27-28-29-30-31-32-34-36-38-40-42-44-46-48-50-52-54-61(64)70-59(58-69-71(65,66)68-56-55-62)57-67-60(63)53-51-49-47-45-43-41-39-37-35-33-24-22-20-18-16-14-12-10-8-6-4-2/h15,17,21,23,59H,3-14,16,18-20,22,24-58,62H2,1-2H3,(H,65,66)/b17-15-,23-21-. The molecule has 0 aliphatic rings. The van der Waals surface area contributed by atoms with Crippen LogP contribution in [0.2, 0.25) is 0 Å². The van der Waals surface area contributed by atoms with Crippen LogP contribution in [-0.4, -0.2) is 49.3 Å². The van der Waals surface area contributed by atoms with Gasteiger partial charge in [0.05, 0.1) is 13.2 Å². The topological polar surface area (TPSA) is 134 Å². The molecule has 0 bridgehead atoms. The first-order valence-electron chi connectivity index (χ1n) is 30.8. The minimum absolute atomic E-state index is 0.0566. The van der Waals surface area contributed by atoms with Crippen molar-refractivity contribution in [3.63, 3.8) is 0 Å². The maximum atomic E-state index is 12.7. The fourth-order valence-corrected chi connectivity index (χ4v) is 10.0. The van der Waals surface area contributed by atoms with Gasteiger partial charge in [-0.05, 0) is 44.9 Å². The van der Waals surface area contributed by atoms with Crippen molar-refractivity contribution in [3.05, 3.63) is 24.3 Å². The van der Waals surface area contributed by atoms with Crippen LogP contribution in [0.4, 0.5) is 0 Å². The van der Waals surface area contributed by atoms with E-state index in [2.05, 4.69) is 38.2 Å². The Hall–Kier alpha value is -1.51. The Morgan fingerprint density at radius 2 is 0.732 bits per heavy atom. The highest BCUT2D eigenvalue weighted by Gasteiger charge is 2.26. The van der Waals surface area contributed by atoms with E-state index in [1.807, 2.05) is 0 Å². The summed E-state index contributed by atoms with van der Waals surface area (Å²) in [7, 11) is -4.38. The van der Waals surface area contributed by atoms with Crippen LogP contribution in [0.25, 0.3) is 0 Å². The summed E-state index contributed by atoms with van der Waals surface area (Å²) in [6.07, 6.45) is 68.2. The van der Waals surface area contributed by atoms with Gasteiger partial charge in [0.1, 0.15) is 6.61 Å². The van der Waals surface area contributed by atoms with E-state index in [0.717, 1.165) is 38.5 Å². The third-order valence-electron chi connectivity index (χ3n) is 13.8. The van der Waals surface area contributed by atoms with Crippen molar-refractivity contribution in [2.24, 2.45) is 5.73 Å². The predicted octanol–water partition coefficient (Wildman–Crippen LogP) is 19.4. The van der Waals surface area contributed by atoms with E-state index < -0.39 is 26.5 Å². The quantitative estimate of drug-likeness (QED) is 0.0264. The molecule has 0 saturated carbocycles. The van der Waals surface area contributed by atoms with Gasteiger partial charge in [0, 0.05) is 19.4 Å². The molecule has 0 aromatic rings. The van der Waals surface area contributed by atoms with Crippen molar-refractivity contribution in [1.82, 2.24) is 0 Å². The van der Waals surface area contributed by atoms with Gasteiger partial charge in [0.25, 0.3) is 0 Å². The zero-order chi connectivity index (χ0) is 51.7. The summed E-state index contributed by atoms with van der Waals surface area (Å²) >= 11 is 0. The first-order valence-corrected chi connectivity index (χ1v) is 32.3. The van der Waals surface area contributed by atoms with E-state index in [1.165, 1.54) is 250 Å². The average molecular weight is 1020 g/mol. The smallest absolute Gasteiger partial charge is 0.462 e. The molecule has 0 aliphatic heterocycles. The second-order valence-corrected chi connectivity index (χ2v) is 22.4. The molecule has 0 aromatic carbocycles. The van der Waals surface area contributed by atoms with Gasteiger partial charge in [-0.25, -0.2) is 4.57 Å². The highest BCUT2D eigenvalue weighted by atomic mass is 31.2. The number of phosphoric ester groups is 1. The number of carbonyl (C=O) groups is 2. The number of unbranched alkanes of at least 4 members (excludes halogenated alkanes) is 42. The minimum Gasteiger partial charge on any atom is -0.462 e. The van der Waals surface area contributed by atoms with E-state index in [9.17, 15) is 19.0 Å². The number of esters is 2. The second-order valence-electron chi connectivity index (χ2n) is 20.9. The Morgan fingerprint density at radius 1 is 0.423 bits per heavy atom. The minimum atomic E-state index is -4.38. The molecule has 2 atom stereocenters. The number of phosphoric acid groups is 1. The van der Waals surface area contributed by atoms with Crippen molar-refractivity contribution in [1.29, 1.82) is 0 Å². The number of carbonyl (C=O) groups excluding carboxylic acids is 2. The molecule has 0 saturated heterocycles. The lowest BCUT2D eigenvalue weighted by Crippen LogP contribution is -2.29. The molecule has 0 rings (SSSR count). The van der Waals surface area contributed by atoms with E-state index in [0.29, 0.717) is 6.42 Å². The van der Waals surface area contributed by atoms with Crippen molar-refractivity contribution in [2.45, 2.75) is 328 Å². The molecule has 2 unspecified atom stereocenters. The van der Waals surface area contributed by atoms with E-state index >= 15 is 0 Å². The van der Waals surface area contributed by atoms with Crippen molar-refractivity contribution < 1.29 is 37.6 Å². The maximum Gasteiger partial charge on any atom is 0.472 e. The number of nitrogens with two attached hydrogens (primary N) is 1. The number of allylic oxidation sites excluding steroid dienone is 4. The summed E-state index contributed by atoms with van der Waals surface area (Å²) in [5, 5.41) is 0. The summed E-state index contributed by atoms with van der Waals surface area (Å²) < 4.78 is 33.1. The molecule has 0 aromatic heterocycles. The first-order chi connectivity index (χ1) is 34.8. The van der Waals surface area contributed by atoms with Crippen LogP contribution in [0, 0.1) is 0 Å². The van der Waals surface area contributed by atoms with Gasteiger partial charge in [-0.2, -0.15) is 0 Å². The molecule has 10 heteroatoms. The summed E-state index contributed by atoms with van der Waals surface area (Å²) in [4.78, 5) is 35.2. The SMILES string of the molecule is CCCCCCC/C=C\C/C=C\CCCCCCCCCCCCCCCCCCCC(=O)OC(COC(=O)CCCCCCCCCCCCCCCCCCCCCCC)COP(=O)(O)OCCN. The van der Waals surface area contributed by atoms with Crippen LogP contribution in [-0.2, 0) is 32.7 Å². The predicted molar refractivity (Wildman–Crippen MR) is 303 cm³/mol. The fourth-order valence-electron chi connectivity index (χ4n) is 9.26. The fraction of sp³-hybridized carbons (Fsp3) is 0.902. The summed E-state index contributed by atoms with van der Waals surface area (Å²) in [6, 6.07) is 0. The molecule has 0 heterocycles. The Balaban J connectivity index is 3.88. The van der Waals surface area contributed by atoms with Crippen molar-refractivity contribution >= 4 is 19.8 Å². The largest absolute Gasteiger partial charge is 0.472 e. The highest BCUT2D eigenvalue weighted by Crippen LogP contribution is 2.43. The van der Waals surface area contributed by atoms with Crippen LogP contribution < -0.4 is 5.73 Å². The van der Waals surface area contributed by atoms with Gasteiger partial charge in [0.15, 0.2) is 6.10 Å². The third-order valence-corrected chi connectivity index (χ3v) is 14.8. The zero-order valence-corrected chi connectivity index (χ0v) is 47.9. The summed E-state index contributed by atoms with van der Waals surface area (Å²) in [6.45, 7) is 3.80. The van der Waals surface area contributed by atoms with Crippen molar-refractivity contribution in [3.8, 4) is 0 Å². The van der Waals surface area contributed by atoms with E-state index in [1.54, 1.807) is 0 Å². The Bertz CT molecular complexity index is 1210. The van der Waals surface area contributed by atoms with E-state index in [-0.39, 0.29) is 38.6 Å². The lowest BCUT2D eigenvalue weighted by molar-refractivity contribution is -0.161. The molecule has 9 nitrogen and oxygen atoms in total. The number of ether oxygens (including phenoxy) is 2. The summed E-state index contributed by atoms with van der Waals surface area (Å²) in [5.74, 6) is -0.806. The molecule has 0 radical (unpaired) electrons. The van der Waals surface area contributed by atoms with Gasteiger partial charge in [-0.15, -0.1) is 0 Å². The second kappa shape index (κ2) is 57.8. The van der Waals surface area contributed by atoms with E-state index in [4.69, 9.17) is 24.3 Å². The molecular weight excluding hydrogens is 906 g/mol. The van der Waals surface area contributed by atoms with Crippen LogP contribution >= 0.6 is 7.82 Å². The van der Waals surface area contributed by atoms with Crippen LogP contribution in [0.1, 0.15) is 322 Å². The van der Waals surface area contributed by atoms with Gasteiger partial charge in [-0.1, -0.05) is 289 Å². The Labute approximate surface area is 440 Å². The molecular formula is C61H118NO8P. The summed E-state index contributed by atoms with van der Waals surface area (Å²) in [5.41, 5.74) is 5.39. The van der Waals surface area contributed by atoms with Gasteiger partial charge in [-0.3, -0.25) is 18.6 Å². The average Bonchev–Trinajstić information content (AvgIpc) is 3.36. The van der Waals surface area contributed by atoms with Crippen LogP contribution in [0.15, 0.2) is 24.3 Å². The van der Waals surface area contributed by atoms with Crippen LogP contribution in [0.3, 0.4) is 0 Å². The van der Waals surface area contributed by atoms with Gasteiger partial charge < -0.3 is 20.1 Å². The maximum absolute atomic E-state index is 12.7. The Morgan fingerprint density at radius 3 is 1.07 bits per heavy atom. The lowest BCUT2D eigenvalue weighted by Gasteiger charge is -2.19. The van der Waals surface area contributed by atoms with Gasteiger partial charge >= 0.3 is 19.8 Å². The molecule has 3 N–H and O–H groups in total.